The van der Waals surface area contributed by atoms with Gasteiger partial charge >= 0.3 is 0 Å². The van der Waals surface area contributed by atoms with Gasteiger partial charge in [0.25, 0.3) is 5.91 Å². The van der Waals surface area contributed by atoms with Crippen molar-refractivity contribution in [3.63, 3.8) is 0 Å². The molecule has 0 aliphatic carbocycles. The van der Waals surface area contributed by atoms with Crippen LogP contribution in [0.5, 0.6) is 23.0 Å². The summed E-state index contributed by atoms with van der Waals surface area (Å²) in [4.78, 5) is 11.8. The number of rotatable bonds is 9. The number of carbonyl (C=O) groups is 1. The first-order valence-corrected chi connectivity index (χ1v) is 8.06. The molecule has 0 aromatic heterocycles. The number of amides is 1. The third-order valence-electron chi connectivity index (χ3n) is 3.32. The van der Waals surface area contributed by atoms with E-state index in [1.54, 1.807) is 37.4 Å². The van der Waals surface area contributed by atoms with E-state index >= 15 is 0 Å². The summed E-state index contributed by atoms with van der Waals surface area (Å²) in [6.45, 7) is 2.24. The van der Waals surface area contributed by atoms with Gasteiger partial charge in [0.1, 0.15) is 0 Å². The van der Waals surface area contributed by atoms with Gasteiger partial charge in [0.05, 0.1) is 27.0 Å². The van der Waals surface area contributed by atoms with Crippen LogP contribution in [-0.4, -0.2) is 39.6 Å². The Kier molecular flexibility index (Phi) is 7.30. The molecule has 0 atom stereocenters. The van der Waals surface area contributed by atoms with Crippen LogP contribution in [0.15, 0.2) is 47.6 Å². The summed E-state index contributed by atoms with van der Waals surface area (Å²) in [7, 11) is 3.12. The minimum atomic E-state index is -0.384. The second-order valence-electron chi connectivity index (χ2n) is 5.08. The van der Waals surface area contributed by atoms with Crippen LogP contribution in [0.25, 0.3) is 0 Å². The van der Waals surface area contributed by atoms with Crippen molar-refractivity contribution in [2.75, 3.05) is 27.4 Å². The number of hydrogen-bond donors (Lipinski definition) is 1. The number of benzene rings is 2. The highest BCUT2D eigenvalue weighted by Crippen LogP contribution is 2.27. The number of ether oxygens (including phenoxy) is 4. The molecule has 0 saturated carbocycles. The van der Waals surface area contributed by atoms with Crippen LogP contribution in [0.1, 0.15) is 12.5 Å². The Morgan fingerprint density at radius 3 is 2.38 bits per heavy atom. The summed E-state index contributed by atoms with van der Waals surface area (Å²) in [5.74, 6) is 1.92. The largest absolute Gasteiger partial charge is 0.493 e. The van der Waals surface area contributed by atoms with Gasteiger partial charge in [0.15, 0.2) is 29.6 Å². The number of hydrazone groups is 1. The lowest BCUT2D eigenvalue weighted by Gasteiger charge is -2.10. The van der Waals surface area contributed by atoms with Gasteiger partial charge in [-0.3, -0.25) is 4.79 Å². The minimum absolute atomic E-state index is 0.176. The predicted octanol–water partition coefficient (Wildman–Crippen LogP) is 2.63. The fraction of sp³-hybridized carbons (Fsp3) is 0.263. The molecule has 0 spiro atoms. The van der Waals surface area contributed by atoms with Crippen LogP contribution in [0.4, 0.5) is 0 Å². The molecule has 138 valence electrons. The molecule has 26 heavy (non-hydrogen) atoms. The van der Waals surface area contributed by atoms with Crippen molar-refractivity contribution in [2.24, 2.45) is 5.10 Å². The number of nitrogens with one attached hydrogen (secondary N) is 1. The molecule has 0 heterocycles. The lowest BCUT2D eigenvalue weighted by Crippen LogP contribution is -2.24. The summed E-state index contributed by atoms with van der Waals surface area (Å²) < 4.78 is 21.3. The number of para-hydroxylation sites is 2. The number of hydrogen-bond acceptors (Lipinski definition) is 6. The first-order chi connectivity index (χ1) is 12.7. The first kappa shape index (κ1) is 19.1. The molecule has 0 saturated heterocycles. The smallest absolute Gasteiger partial charge is 0.277 e. The molecule has 1 amide bonds. The first-order valence-electron chi connectivity index (χ1n) is 8.06. The summed E-state index contributed by atoms with van der Waals surface area (Å²) >= 11 is 0. The third-order valence-corrected chi connectivity index (χ3v) is 3.32. The van der Waals surface area contributed by atoms with Gasteiger partial charge in [0, 0.05) is 0 Å². The maximum atomic E-state index is 11.8. The van der Waals surface area contributed by atoms with E-state index in [9.17, 15) is 4.79 Å². The van der Waals surface area contributed by atoms with Crippen molar-refractivity contribution in [2.45, 2.75) is 6.92 Å². The van der Waals surface area contributed by atoms with Gasteiger partial charge in [0.2, 0.25) is 0 Å². The predicted molar refractivity (Wildman–Crippen MR) is 98.4 cm³/mol. The van der Waals surface area contributed by atoms with Gasteiger partial charge < -0.3 is 18.9 Å². The summed E-state index contributed by atoms with van der Waals surface area (Å²) in [5, 5.41) is 3.92. The Bertz CT molecular complexity index is 761. The highest BCUT2D eigenvalue weighted by Gasteiger charge is 2.07. The van der Waals surface area contributed by atoms with Gasteiger partial charge in [-0.25, -0.2) is 5.43 Å². The standard InChI is InChI=1S/C19H22N2O5/c1-4-25-18-11-14(9-10-16(18)24-3)12-20-21-19(22)13-26-17-8-6-5-7-15(17)23-2/h5-12H,4,13H2,1-3H3,(H,21,22)/b20-12+. The average molecular weight is 358 g/mol. The van der Waals surface area contributed by atoms with E-state index in [1.165, 1.54) is 13.3 Å². The zero-order valence-corrected chi connectivity index (χ0v) is 15.0. The summed E-state index contributed by atoms with van der Waals surface area (Å²) in [6, 6.07) is 12.5. The van der Waals surface area contributed by atoms with Crippen molar-refractivity contribution in [1.29, 1.82) is 0 Å². The molecule has 0 unspecified atom stereocenters. The highest BCUT2D eigenvalue weighted by molar-refractivity contribution is 5.83. The van der Waals surface area contributed by atoms with E-state index in [-0.39, 0.29) is 12.5 Å². The van der Waals surface area contributed by atoms with Crippen LogP contribution < -0.4 is 24.4 Å². The van der Waals surface area contributed by atoms with Crippen LogP contribution in [-0.2, 0) is 4.79 Å². The van der Waals surface area contributed by atoms with Crippen molar-refractivity contribution in [3.05, 3.63) is 48.0 Å². The van der Waals surface area contributed by atoms with E-state index in [0.29, 0.717) is 29.6 Å². The monoisotopic (exact) mass is 358 g/mol. The van der Waals surface area contributed by atoms with E-state index in [2.05, 4.69) is 10.5 Å². The number of carbonyl (C=O) groups excluding carboxylic acids is 1. The second-order valence-corrected chi connectivity index (χ2v) is 5.08. The number of methoxy groups -OCH3 is 2. The van der Waals surface area contributed by atoms with Crippen molar-refractivity contribution < 1.29 is 23.7 Å². The average Bonchev–Trinajstić information content (AvgIpc) is 2.67. The summed E-state index contributed by atoms with van der Waals surface area (Å²) in [6.07, 6.45) is 1.52. The molecule has 0 radical (unpaired) electrons. The highest BCUT2D eigenvalue weighted by atomic mass is 16.5. The molecule has 0 aliphatic rings. The quantitative estimate of drug-likeness (QED) is 0.551. The fourth-order valence-corrected chi connectivity index (χ4v) is 2.13. The zero-order chi connectivity index (χ0) is 18.8. The molecule has 2 rings (SSSR count). The van der Waals surface area contributed by atoms with Crippen molar-refractivity contribution >= 4 is 12.1 Å². The normalized spacial score (nSPS) is 10.4. The zero-order valence-electron chi connectivity index (χ0n) is 15.0. The Morgan fingerprint density at radius 2 is 1.69 bits per heavy atom. The van der Waals surface area contributed by atoms with E-state index in [0.717, 1.165) is 5.56 Å². The van der Waals surface area contributed by atoms with Gasteiger partial charge in [-0.1, -0.05) is 12.1 Å². The third kappa shape index (κ3) is 5.41. The topological polar surface area (TPSA) is 78.4 Å². The van der Waals surface area contributed by atoms with Crippen LogP contribution >= 0.6 is 0 Å². The lowest BCUT2D eigenvalue weighted by molar-refractivity contribution is -0.123. The Labute approximate surface area is 152 Å². The molecule has 7 nitrogen and oxygen atoms in total. The molecule has 7 heteroatoms. The van der Waals surface area contributed by atoms with Gasteiger partial charge in [-0.05, 0) is 42.8 Å². The molecule has 0 bridgehead atoms. The Hall–Kier alpha value is -3.22. The molecule has 0 aliphatic heterocycles. The Balaban J connectivity index is 1.89. The fourth-order valence-electron chi connectivity index (χ4n) is 2.13. The second kappa shape index (κ2) is 9.93. The molecular weight excluding hydrogens is 336 g/mol. The Morgan fingerprint density at radius 1 is 1.00 bits per heavy atom. The van der Waals surface area contributed by atoms with Gasteiger partial charge in [-0.2, -0.15) is 5.10 Å². The molecule has 2 aromatic carbocycles. The molecule has 1 N–H and O–H groups in total. The summed E-state index contributed by atoms with van der Waals surface area (Å²) in [5.41, 5.74) is 3.18. The van der Waals surface area contributed by atoms with Crippen LogP contribution in [0.3, 0.4) is 0 Å². The number of nitrogens with zero attached hydrogens (tertiary/aromatic N) is 1. The van der Waals surface area contributed by atoms with Crippen LogP contribution in [0.2, 0.25) is 0 Å². The van der Waals surface area contributed by atoms with E-state index in [1.807, 2.05) is 19.1 Å². The van der Waals surface area contributed by atoms with Crippen molar-refractivity contribution in [3.8, 4) is 23.0 Å². The van der Waals surface area contributed by atoms with Gasteiger partial charge in [-0.15, -0.1) is 0 Å². The molecule has 2 aromatic rings. The lowest BCUT2D eigenvalue weighted by atomic mass is 10.2. The SMILES string of the molecule is CCOc1cc(/C=N/NC(=O)COc2ccccc2OC)ccc1OC. The molecule has 0 fully saturated rings. The van der Waals surface area contributed by atoms with E-state index in [4.69, 9.17) is 18.9 Å². The maximum absolute atomic E-state index is 11.8. The van der Waals surface area contributed by atoms with Crippen LogP contribution in [0, 0.1) is 0 Å². The van der Waals surface area contributed by atoms with Crippen molar-refractivity contribution in [1.82, 2.24) is 5.43 Å². The minimum Gasteiger partial charge on any atom is -0.493 e. The van der Waals surface area contributed by atoms with E-state index < -0.39 is 0 Å². The molecular formula is C19H22N2O5. The maximum Gasteiger partial charge on any atom is 0.277 e.